The largest absolute Gasteiger partial charge is 0.388 e. The van der Waals surface area contributed by atoms with Crippen molar-refractivity contribution in [1.29, 1.82) is 5.26 Å². The number of nitrogens with zero attached hydrogens (tertiary/aromatic N) is 4. The molecule has 2 aliphatic heterocycles. The van der Waals surface area contributed by atoms with Crippen LogP contribution in [-0.2, 0) is 4.74 Å². The zero-order valence-electron chi connectivity index (χ0n) is 14.5. The summed E-state index contributed by atoms with van der Waals surface area (Å²) in [7, 11) is 0. The van der Waals surface area contributed by atoms with Crippen molar-refractivity contribution < 1.29 is 9.84 Å². The van der Waals surface area contributed by atoms with Crippen LogP contribution in [0.5, 0.6) is 0 Å². The fourth-order valence-electron chi connectivity index (χ4n) is 3.64. The van der Waals surface area contributed by atoms with E-state index in [1.165, 1.54) is 0 Å². The maximum absolute atomic E-state index is 11.3. The lowest BCUT2D eigenvalue weighted by Gasteiger charge is -2.52. The number of morpholine rings is 1. The Labute approximate surface area is 143 Å². The van der Waals surface area contributed by atoms with Gasteiger partial charge >= 0.3 is 0 Å². The van der Waals surface area contributed by atoms with Crippen molar-refractivity contribution in [2.24, 2.45) is 5.41 Å². The molecule has 0 spiro atoms. The minimum absolute atomic E-state index is 0.270. The average Bonchev–Trinajstić information content (AvgIpc) is 2.58. The molecule has 0 aromatic carbocycles. The van der Waals surface area contributed by atoms with Crippen LogP contribution in [0.25, 0.3) is 0 Å². The van der Waals surface area contributed by atoms with Gasteiger partial charge in [0.15, 0.2) is 0 Å². The molecule has 6 heteroatoms. The van der Waals surface area contributed by atoms with E-state index >= 15 is 0 Å². The third kappa shape index (κ3) is 3.39. The van der Waals surface area contributed by atoms with E-state index in [0.717, 1.165) is 45.2 Å². The van der Waals surface area contributed by atoms with Gasteiger partial charge < -0.3 is 14.7 Å². The van der Waals surface area contributed by atoms with Gasteiger partial charge in [0.25, 0.3) is 0 Å². The van der Waals surface area contributed by atoms with E-state index in [9.17, 15) is 5.11 Å². The van der Waals surface area contributed by atoms with Crippen molar-refractivity contribution in [2.75, 3.05) is 50.8 Å². The first-order valence-corrected chi connectivity index (χ1v) is 8.58. The summed E-state index contributed by atoms with van der Waals surface area (Å²) < 4.78 is 5.40. The molecule has 0 radical (unpaired) electrons. The first-order valence-electron chi connectivity index (χ1n) is 8.58. The van der Waals surface area contributed by atoms with E-state index in [2.05, 4.69) is 34.7 Å². The standard InChI is InChI=1S/C18H26N4O2/c1-17(2)13-22(16-5-3-4-15(12-19)20-16)7-6-18(17,23)14-21-8-10-24-11-9-21/h3-5,23H,6-11,13-14H2,1-2H3/t18-/m0/s1. The van der Waals surface area contributed by atoms with Gasteiger partial charge in [-0.15, -0.1) is 0 Å². The van der Waals surface area contributed by atoms with Crippen molar-refractivity contribution >= 4 is 5.82 Å². The summed E-state index contributed by atoms with van der Waals surface area (Å²) in [5.74, 6) is 0.815. The highest BCUT2D eigenvalue weighted by molar-refractivity contribution is 5.43. The molecule has 0 amide bonds. The molecule has 130 valence electrons. The normalized spacial score (nSPS) is 27.7. The van der Waals surface area contributed by atoms with E-state index in [-0.39, 0.29) is 5.41 Å². The van der Waals surface area contributed by atoms with Crippen LogP contribution in [0.1, 0.15) is 26.0 Å². The summed E-state index contributed by atoms with van der Waals surface area (Å²) in [5.41, 5.74) is -0.568. The van der Waals surface area contributed by atoms with Crippen molar-refractivity contribution in [2.45, 2.75) is 25.9 Å². The number of nitriles is 1. The van der Waals surface area contributed by atoms with Gasteiger partial charge in [-0.3, -0.25) is 4.90 Å². The molecule has 0 saturated carbocycles. The Morgan fingerprint density at radius 3 is 2.71 bits per heavy atom. The number of β-amino-alcohol motifs (C(OH)–C–C–N with tert-alkyl or cyclic N) is 1. The van der Waals surface area contributed by atoms with Gasteiger partial charge in [-0.2, -0.15) is 5.26 Å². The molecule has 0 aliphatic carbocycles. The summed E-state index contributed by atoms with van der Waals surface area (Å²) in [5, 5.41) is 20.4. The van der Waals surface area contributed by atoms with E-state index in [1.807, 2.05) is 12.1 Å². The van der Waals surface area contributed by atoms with Crippen LogP contribution in [0, 0.1) is 16.7 Å². The highest BCUT2D eigenvalue weighted by Gasteiger charge is 2.48. The maximum Gasteiger partial charge on any atom is 0.142 e. The molecule has 1 atom stereocenters. The molecule has 2 fully saturated rings. The van der Waals surface area contributed by atoms with Gasteiger partial charge in [0, 0.05) is 38.1 Å². The van der Waals surface area contributed by atoms with Crippen LogP contribution in [0.2, 0.25) is 0 Å². The number of pyridine rings is 1. The summed E-state index contributed by atoms with van der Waals surface area (Å²) in [6.45, 7) is 9.63. The van der Waals surface area contributed by atoms with Crippen LogP contribution in [0.3, 0.4) is 0 Å². The lowest BCUT2D eigenvalue weighted by molar-refractivity contribution is -0.111. The third-order valence-corrected chi connectivity index (χ3v) is 5.40. The number of aliphatic hydroxyl groups is 1. The molecular formula is C18H26N4O2. The summed E-state index contributed by atoms with van der Waals surface area (Å²) in [4.78, 5) is 8.88. The first-order chi connectivity index (χ1) is 11.4. The van der Waals surface area contributed by atoms with Crippen molar-refractivity contribution in [3.8, 4) is 6.07 Å². The average molecular weight is 330 g/mol. The molecular weight excluding hydrogens is 304 g/mol. The van der Waals surface area contributed by atoms with E-state index < -0.39 is 5.60 Å². The molecule has 3 heterocycles. The molecule has 1 aromatic rings. The van der Waals surface area contributed by atoms with Crippen LogP contribution >= 0.6 is 0 Å². The Hall–Kier alpha value is -1.68. The topological polar surface area (TPSA) is 72.6 Å². The van der Waals surface area contributed by atoms with Crippen molar-refractivity contribution in [3.05, 3.63) is 23.9 Å². The molecule has 0 bridgehead atoms. The summed E-state index contributed by atoms with van der Waals surface area (Å²) in [6.07, 6.45) is 0.690. The van der Waals surface area contributed by atoms with Crippen LogP contribution < -0.4 is 4.90 Å². The van der Waals surface area contributed by atoms with E-state index in [4.69, 9.17) is 10.00 Å². The minimum Gasteiger partial charge on any atom is -0.388 e. The van der Waals surface area contributed by atoms with Crippen molar-refractivity contribution in [1.82, 2.24) is 9.88 Å². The maximum atomic E-state index is 11.3. The lowest BCUT2D eigenvalue weighted by Crippen LogP contribution is -2.62. The number of hydrogen-bond acceptors (Lipinski definition) is 6. The molecule has 1 N–H and O–H groups in total. The fourth-order valence-corrected chi connectivity index (χ4v) is 3.64. The number of rotatable bonds is 3. The van der Waals surface area contributed by atoms with Gasteiger partial charge in [0.05, 0.1) is 18.8 Å². The van der Waals surface area contributed by atoms with E-state index in [1.54, 1.807) is 6.07 Å². The number of hydrogen-bond donors (Lipinski definition) is 1. The van der Waals surface area contributed by atoms with Gasteiger partial charge in [0.2, 0.25) is 0 Å². The molecule has 24 heavy (non-hydrogen) atoms. The Morgan fingerprint density at radius 2 is 2.04 bits per heavy atom. The van der Waals surface area contributed by atoms with Crippen LogP contribution in [-0.4, -0.2) is 66.5 Å². The Morgan fingerprint density at radius 1 is 1.29 bits per heavy atom. The first kappa shape index (κ1) is 17.2. The molecule has 0 unspecified atom stereocenters. The SMILES string of the molecule is CC1(C)CN(c2cccc(C#N)n2)CC[C@]1(O)CN1CCOCC1. The smallest absolute Gasteiger partial charge is 0.142 e. The number of piperidine rings is 1. The Kier molecular flexibility index (Phi) is 4.77. The molecule has 3 rings (SSSR count). The van der Waals surface area contributed by atoms with Gasteiger partial charge in [-0.05, 0) is 18.6 Å². The Bertz CT molecular complexity index is 622. The second kappa shape index (κ2) is 6.67. The molecule has 6 nitrogen and oxygen atoms in total. The molecule has 2 aliphatic rings. The van der Waals surface area contributed by atoms with Gasteiger partial charge in [-0.25, -0.2) is 4.98 Å². The lowest BCUT2D eigenvalue weighted by atomic mass is 9.69. The van der Waals surface area contributed by atoms with Crippen LogP contribution in [0.4, 0.5) is 5.82 Å². The highest BCUT2D eigenvalue weighted by atomic mass is 16.5. The predicted octanol–water partition coefficient (Wildman–Crippen LogP) is 1.25. The molecule has 1 aromatic heterocycles. The second-order valence-electron chi connectivity index (χ2n) is 7.47. The third-order valence-electron chi connectivity index (χ3n) is 5.40. The van der Waals surface area contributed by atoms with Crippen LogP contribution in [0.15, 0.2) is 18.2 Å². The molecule has 2 saturated heterocycles. The number of ether oxygens (including phenoxy) is 1. The quantitative estimate of drug-likeness (QED) is 0.899. The van der Waals surface area contributed by atoms with E-state index in [0.29, 0.717) is 18.7 Å². The highest BCUT2D eigenvalue weighted by Crippen LogP contribution is 2.40. The predicted molar refractivity (Wildman–Crippen MR) is 91.8 cm³/mol. The minimum atomic E-state index is -0.728. The number of anilines is 1. The summed E-state index contributed by atoms with van der Waals surface area (Å²) >= 11 is 0. The zero-order valence-corrected chi connectivity index (χ0v) is 14.5. The number of aromatic nitrogens is 1. The zero-order chi connectivity index (χ0) is 17.2. The fraction of sp³-hybridized carbons (Fsp3) is 0.667. The summed E-state index contributed by atoms with van der Waals surface area (Å²) in [6, 6.07) is 7.60. The monoisotopic (exact) mass is 330 g/mol. The van der Waals surface area contributed by atoms with Gasteiger partial charge in [0.1, 0.15) is 17.6 Å². The second-order valence-corrected chi connectivity index (χ2v) is 7.47. The Balaban J connectivity index is 1.72. The van der Waals surface area contributed by atoms with Gasteiger partial charge in [-0.1, -0.05) is 19.9 Å². The van der Waals surface area contributed by atoms with Crippen molar-refractivity contribution in [3.63, 3.8) is 0 Å².